The number of hydrogen-bond acceptors (Lipinski definition) is 5. The van der Waals surface area contributed by atoms with Crippen molar-refractivity contribution < 1.29 is 22.8 Å². The molecule has 1 aliphatic carbocycles. The highest BCUT2D eigenvalue weighted by Crippen LogP contribution is 2.36. The lowest BCUT2D eigenvalue weighted by Gasteiger charge is -2.29. The first-order valence-electron chi connectivity index (χ1n) is 13.9. The number of sulfonamides is 1. The summed E-state index contributed by atoms with van der Waals surface area (Å²) in [5.74, 6) is -1.73. The predicted molar refractivity (Wildman–Crippen MR) is 158 cm³/mol. The molecule has 4 rings (SSSR count). The van der Waals surface area contributed by atoms with Gasteiger partial charge in [-0.3, -0.25) is 19.1 Å². The number of nitrogens with one attached hydrogen (secondary N) is 2. The van der Waals surface area contributed by atoms with Crippen LogP contribution < -0.4 is 10.0 Å². The van der Waals surface area contributed by atoms with Crippen molar-refractivity contribution in [1.82, 2.24) is 19.5 Å². The highest BCUT2D eigenvalue weighted by atomic mass is 32.2. The van der Waals surface area contributed by atoms with Crippen LogP contribution in [-0.4, -0.2) is 60.0 Å². The number of aryl methyl sites for hydroxylation is 2. The van der Waals surface area contributed by atoms with Gasteiger partial charge in [0.25, 0.3) is 11.8 Å². The lowest BCUT2D eigenvalue weighted by molar-refractivity contribution is -0.131. The van der Waals surface area contributed by atoms with E-state index >= 15 is 0 Å². The van der Waals surface area contributed by atoms with Gasteiger partial charge in [-0.2, -0.15) is 0 Å². The number of unbranched alkanes of at least 4 members (excludes halogenated alkanes) is 1. The van der Waals surface area contributed by atoms with Gasteiger partial charge in [0.1, 0.15) is 11.6 Å². The van der Waals surface area contributed by atoms with Gasteiger partial charge in [0.15, 0.2) is 0 Å². The zero-order valence-corrected chi connectivity index (χ0v) is 24.8. The number of hydrogen-bond donors (Lipinski definition) is 2. The van der Waals surface area contributed by atoms with Gasteiger partial charge in [0, 0.05) is 37.1 Å². The van der Waals surface area contributed by atoms with Crippen molar-refractivity contribution in [2.45, 2.75) is 64.5 Å². The molecule has 218 valence electrons. The van der Waals surface area contributed by atoms with E-state index in [1.807, 2.05) is 80.2 Å². The van der Waals surface area contributed by atoms with Crippen molar-refractivity contribution >= 4 is 27.7 Å². The quantitative estimate of drug-likeness (QED) is 0.340. The number of carbonyl (C=O) groups excluding carboxylic acids is 3. The van der Waals surface area contributed by atoms with E-state index in [1.165, 1.54) is 4.90 Å². The second-order valence-corrected chi connectivity index (χ2v) is 12.8. The standard InChI is InChI=1S/C31H38N4O5S/c1-5-6-17-41(39,40)33-30(38)31(13-14-31)32-28(36)27(34(4)29(37)25-19-22(2)18-23(3)20-25)21-24-9-11-26(12-10-24)35-15-7-8-16-35/h7-12,15-16,18-20,27H,5-6,13-14,17,21H2,1-4H3,(H,32,36)(H,33,38). The van der Waals surface area contributed by atoms with E-state index in [1.54, 1.807) is 19.2 Å². The van der Waals surface area contributed by atoms with E-state index in [0.29, 0.717) is 31.2 Å². The van der Waals surface area contributed by atoms with Crippen LogP contribution in [0.15, 0.2) is 67.0 Å². The van der Waals surface area contributed by atoms with Crippen LogP contribution in [0.4, 0.5) is 0 Å². The Bertz CT molecular complexity index is 1490. The molecule has 0 aliphatic heterocycles. The number of aromatic nitrogens is 1. The van der Waals surface area contributed by atoms with Crippen LogP contribution in [0.3, 0.4) is 0 Å². The highest BCUT2D eigenvalue weighted by Gasteiger charge is 2.53. The third kappa shape index (κ3) is 7.43. The maximum atomic E-state index is 13.8. The third-order valence-electron chi connectivity index (χ3n) is 7.39. The largest absolute Gasteiger partial charge is 0.340 e. The van der Waals surface area contributed by atoms with Crippen LogP contribution in [0.2, 0.25) is 0 Å². The maximum Gasteiger partial charge on any atom is 0.259 e. The molecule has 9 nitrogen and oxygen atoms in total. The molecule has 1 aliphatic rings. The minimum Gasteiger partial charge on any atom is -0.340 e. The average Bonchev–Trinajstić information content (AvgIpc) is 3.50. The fourth-order valence-corrected chi connectivity index (χ4v) is 6.11. The third-order valence-corrected chi connectivity index (χ3v) is 8.71. The maximum absolute atomic E-state index is 13.8. The highest BCUT2D eigenvalue weighted by molar-refractivity contribution is 7.90. The van der Waals surface area contributed by atoms with Gasteiger partial charge in [0.05, 0.1) is 5.75 Å². The molecule has 2 aromatic carbocycles. The van der Waals surface area contributed by atoms with Crippen LogP contribution in [0.1, 0.15) is 59.7 Å². The SMILES string of the molecule is CCCCS(=O)(=O)NC(=O)C1(NC(=O)C(Cc2ccc(-n3cccc3)cc2)N(C)C(=O)c2cc(C)cc(C)c2)CC1. The number of carbonyl (C=O) groups is 3. The Kier molecular flexibility index (Phi) is 9.01. The average molecular weight is 579 g/mol. The zero-order chi connectivity index (χ0) is 29.8. The first kappa shape index (κ1) is 30.0. The summed E-state index contributed by atoms with van der Waals surface area (Å²) in [6, 6.07) is 16.1. The van der Waals surface area contributed by atoms with E-state index in [9.17, 15) is 22.8 Å². The summed E-state index contributed by atoms with van der Waals surface area (Å²) in [7, 11) is -2.23. The predicted octanol–water partition coefficient (Wildman–Crippen LogP) is 3.67. The fourth-order valence-electron chi connectivity index (χ4n) is 4.86. The molecular weight excluding hydrogens is 540 g/mol. The molecule has 0 spiro atoms. The molecule has 3 amide bonds. The summed E-state index contributed by atoms with van der Waals surface area (Å²) in [5.41, 5.74) is 2.81. The van der Waals surface area contributed by atoms with Gasteiger partial charge in [0.2, 0.25) is 15.9 Å². The molecule has 1 unspecified atom stereocenters. The molecule has 41 heavy (non-hydrogen) atoms. The topological polar surface area (TPSA) is 118 Å². The molecule has 1 heterocycles. The summed E-state index contributed by atoms with van der Waals surface area (Å²) in [5, 5.41) is 2.80. The molecule has 0 bridgehead atoms. The van der Waals surface area contributed by atoms with Gasteiger partial charge in [-0.25, -0.2) is 8.42 Å². The van der Waals surface area contributed by atoms with Crippen molar-refractivity contribution in [2.75, 3.05) is 12.8 Å². The molecule has 0 saturated heterocycles. The molecule has 0 radical (unpaired) electrons. The van der Waals surface area contributed by atoms with Crippen LogP contribution in [-0.2, 0) is 26.0 Å². The number of likely N-dealkylation sites (N-methyl/N-ethyl adjacent to an activating group) is 1. The van der Waals surface area contributed by atoms with Crippen molar-refractivity contribution in [3.8, 4) is 5.69 Å². The first-order valence-corrected chi connectivity index (χ1v) is 15.5. The van der Waals surface area contributed by atoms with Crippen LogP contribution in [0.5, 0.6) is 0 Å². The summed E-state index contributed by atoms with van der Waals surface area (Å²) >= 11 is 0. The summed E-state index contributed by atoms with van der Waals surface area (Å²) < 4.78 is 28.8. The van der Waals surface area contributed by atoms with Crippen LogP contribution in [0.25, 0.3) is 5.69 Å². The molecule has 2 N–H and O–H groups in total. The minimum atomic E-state index is -3.80. The van der Waals surface area contributed by atoms with Gasteiger partial charge in [-0.1, -0.05) is 42.7 Å². The Hall–Kier alpha value is -3.92. The normalized spacial score (nSPS) is 14.6. The Labute approximate surface area is 242 Å². The summed E-state index contributed by atoms with van der Waals surface area (Å²) in [6.45, 7) is 5.68. The van der Waals surface area contributed by atoms with Crippen LogP contribution in [0, 0.1) is 13.8 Å². The minimum absolute atomic E-state index is 0.159. The fraction of sp³-hybridized carbons (Fsp3) is 0.387. The van der Waals surface area contributed by atoms with E-state index in [4.69, 9.17) is 0 Å². The second kappa shape index (κ2) is 12.3. The number of benzene rings is 2. The van der Waals surface area contributed by atoms with E-state index in [0.717, 1.165) is 22.4 Å². The molecular formula is C31H38N4O5S. The Morgan fingerprint density at radius 3 is 2.17 bits per heavy atom. The van der Waals surface area contributed by atoms with Crippen LogP contribution >= 0.6 is 0 Å². The number of rotatable bonds is 12. The summed E-state index contributed by atoms with van der Waals surface area (Å²) in [4.78, 5) is 41.7. The van der Waals surface area contributed by atoms with Gasteiger partial charge in [-0.15, -0.1) is 0 Å². The summed E-state index contributed by atoms with van der Waals surface area (Å²) in [6.07, 6.45) is 5.82. The van der Waals surface area contributed by atoms with Gasteiger partial charge < -0.3 is 14.8 Å². The smallest absolute Gasteiger partial charge is 0.259 e. The van der Waals surface area contributed by atoms with Gasteiger partial charge >= 0.3 is 0 Å². The number of nitrogens with zero attached hydrogens (tertiary/aromatic N) is 2. The first-order chi connectivity index (χ1) is 19.4. The Balaban J connectivity index is 1.57. The van der Waals surface area contributed by atoms with Crippen molar-refractivity contribution in [2.24, 2.45) is 0 Å². The molecule has 1 aromatic heterocycles. The van der Waals surface area contributed by atoms with E-state index < -0.39 is 33.4 Å². The second-order valence-electron chi connectivity index (χ2n) is 10.9. The van der Waals surface area contributed by atoms with E-state index in [-0.39, 0.29) is 18.1 Å². The number of amides is 3. The molecule has 1 saturated carbocycles. The van der Waals surface area contributed by atoms with Crippen molar-refractivity contribution in [3.05, 3.63) is 89.2 Å². The van der Waals surface area contributed by atoms with E-state index in [2.05, 4.69) is 10.0 Å². The zero-order valence-electron chi connectivity index (χ0n) is 24.0. The van der Waals surface area contributed by atoms with Gasteiger partial charge in [-0.05, 0) is 75.1 Å². The molecule has 1 atom stereocenters. The van der Waals surface area contributed by atoms with Crippen molar-refractivity contribution in [1.29, 1.82) is 0 Å². The molecule has 3 aromatic rings. The lowest BCUT2D eigenvalue weighted by atomic mass is 10.0. The Morgan fingerprint density at radius 2 is 1.61 bits per heavy atom. The molecule has 10 heteroatoms. The lowest BCUT2D eigenvalue weighted by Crippen LogP contribution is -2.56. The monoisotopic (exact) mass is 578 g/mol. The molecule has 1 fully saturated rings. The van der Waals surface area contributed by atoms with Crippen molar-refractivity contribution in [3.63, 3.8) is 0 Å². The Morgan fingerprint density at radius 1 is 1.00 bits per heavy atom.